The van der Waals surface area contributed by atoms with Crippen molar-refractivity contribution in [1.82, 2.24) is 19.9 Å². The van der Waals surface area contributed by atoms with Gasteiger partial charge in [0.1, 0.15) is 11.3 Å². The number of rotatable bonds is 4. The fourth-order valence-electron chi connectivity index (χ4n) is 6.22. The van der Waals surface area contributed by atoms with Crippen LogP contribution >= 0.6 is 0 Å². The van der Waals surface area contributed by atoms with Crippen LogP contribution in [0, 0.1) is 0 Å². The second-order valence-electron chi connectivity index (χ2n) is 10.6. The maximum atomic E-state index is 12.7. The van der Waals surface area contributed by atoms with Crippen LogP contribution in [0.4, 0.5) is 17.5 Å². The first-order valence-corrected chi connectivity index (χ1v) is 13.1. The van der Waals surface area contributed by atoms with Crippen molar-refractivity contribution in [1.29, 1.82) is 0 Å². The number of ketones is 1. The van der Waals surface area contributed by atoms with E-state index in [0.717, 1.165) is 62.2 Å². The van der Waals surface area contributed by atoms with E-state index >= 15 is 0 Å². The number of piperazine rings is 1. The monoisotopic (exact) mass is 474 g/mol. The van der Waals surface area contributed by atoms with Crippen LogP contribution < -0.4 is 10.2 Å². The van der Waals surface area contributed by atoms with Gasteiger partial charge in [0.05, 0.1) is 18.1 Å². The SMILES string of the molecule is CC(C)N1CCN(c2ccc(Nc3ncc4oc5c(c4n3)C3(CCCCC3)CCC5=O)nc2)CC1. The Balaban J connectivity index is 1.24. The average molecular weight is 475 g/mol. The van der Waals surface area contributed by atoms with Gasteiger partial charge in [0.15, 0.2) is 17.1 Å². The summed E-state index contributed by atoms with van der Waals surface area (Å²) in [5.41, 5.74) is 3.56. The van der Waals surface area contributed by atoms with Crippen LogP contribution in [0.2, 0.25) is 0 Å². The molecule has 0 unspecified atom stereocenters. The van der Waals surface area contributed by atoms with E-state index < -0.39 is 0 Å². The fourth-order valence-corrected chi connectivity index (χ4v) is 6.22. The maximum Gasteiger partial charge on any atom is 0.229 e. The third kappa shape index (κ3) is 4.07. The first-order chi connectivity index (χ1) is 17.0. The molecular formula is C27H34N6O2. The number of furan rings is 1. The molecule has 0 amide bonds. The maximum absolute atomic E-state index is 12.7. The molecule has 1 saturated carbocycles. The lowest BCUT2D eigenvalue weighted by molar-refractivity contribution is 0.0909. The zero-order chi connectivity index (χ0) is 24.0. The van der Waals surface area contributed by atoms with Gasteiger partial charge in [-0.3, -0.25) is 9.69 Å². The summed E-state index contributed by atoms with van der Waals surface area (Å²) >= 11 is 0. The lowest BCUT2D eigenvalue weighted by Crippen LogP contribution is -2.48. The molecule has 2 fully saturated rings. The summed E-state index contributed by atoms with van der Waals surface area (Å²) in [7, 11) is 0. The zero-order valence-corrected chi connectivity index (χ0v) is 20.7. The molecule has 8 nitrogen and oxygen atoms in total. The smallest absolute Gasteiger partial charge is 0.229 e. The summed E-state index contributed by atoms with van der Waals surface area (Å²) in [6.07, 6.45) is 10.9. The molecule has 1 aliphatic heterocycles. The standard InChI is InChI=1S/C27H34N6O2/c1-18(2)32-12-14-33(15-13-32)19-6-7-22(28-16-19)30-26-29-17-21-24(31-26)23-25(35-21)20(34)8-11-27(23)9-4-3-5-10-27/h6-7,16-18H,3-5,8-15H2,1-2H3,(H,28,29,30,31). The summed E-state index contributed by atoms with van der Waals surface area (Å²) in [6, 6.07) is 4.68. The minimum absolute atomic E-state index is 0.0118. The van der Waals surface area contributed by atoms with Crippen LogP contribution in [0.25, 0.3) is 11.1 Å². The molecule has 1 saturated heterocycles. The molecule has 0 aromatic carbocycles. The Morgan fingerprint density at radius 3 is 2.51 bits per heavy atom. The van der Waals surface area contributed by atoms with E-state index in [1.807, 2.05) is 12.3 Å². The predicted molar refractivity (Wildman–Crippen MR) is 137 cm³/mol. The summed E-state index contributed by atoms with van der Waals surface area (Å²) in [5.74, 6) is 1.79. The molecule has 1 spiro atoms. The molecule has 3 aliphatic rings. The fraction of sp³-hybridized carbons (Fsp3) is 0.556. The minimum atomic E-state index is 0.0118. The Kier molecular flexibility index (Phi) is 5.71. The highest BCUT2D eigenvalue weighted by atomic mass is 16.3. The number of hydrogen-bond acceptors (Lipinski definition) is 8. The Bertz CT molecular complexity index is 1220. The largest absolute Gasteiger partial charge is 0.449 e. The number of nitrogens with one attached hydrogen (secondary N) is 1. The van der Waals surface area contributed by atoms with Gasteiger partial charge in [-0.25, -0.2) is 15.0 Å². The molecule has 2 aliphatic carbocycles. The van der Waals surface area contributed by atoms with Gasteiger partial charge in [-0.1, -0.05) is 19.3 Å². The average Bonchev–Trinajstić information content (AvgIpc) is 3.28. The van der Waals surface area contributed by atoms with Crippen molar-refractivity contribution in [2.45, 2.75) is 70.3 Å². The van der Waals surface area contributed by atoms with Crippen LogP contribution in [0.5, 0.6) is 0 Å². The highest BCUT2D eigenvalue weighted by Crippen LogP contribution is 2.50. The van der Waals surface area contributed by atoms with E-state index in [2.05, 4.69) is 45.0 Å². The highest BCUT2D eigenvalue weighted by Gasteiger charge is 2.44. The van der Waals surface area contributed by atoms with Gasteiger partial charge >= 0.3 is 0 Å². The number of anilines is 3. The van der Waals surface area contributed by atoms with Crippen molar-refractivity contribution >= 4 is 34.3 Å². The van der Waals surface area contributed by atoms with E-state index in [9.17, 15) is 4.79 Å². The van der Waals surface area contributed by atoms with Gasteiger partial charge in [-0.05, 0) is 45.2 Å². The normalized spacial score (nSPS) is 20.5. The summed E-state index contributed by atoms with van der Waals surface area (Å²) in [5, 5.41) is 3.26. The Morgan fingerprint density at radius 1 is 1.00 bits per heavy atom. The molecule has 1 N–H and O–H groups in total. The number of fused-ring (bicyclic) bond motifs is 4. The van der Waals surface area contributed by atoms with E-state index in [1.54, 1.807) is 6.20 Å². The Morgan fingerprint density at radius 2 is 1.80 bits per heavy atom. The summed E-state index contributed by atoms with van der Waals surface area (Å²) in [4.78, 5) is 31.5. The van der Waals surface area contributed by atoms with Crippen molar-refractivity contribution in [2.24, 2.45) is 0 Å². The van der Waals surface area contributed by atoms with E-state index in [-0.39, 0.29) is 11.2 Å². The molecule has 3 aromatic rings. The van der Waals surface area contributed by atoms with Crippen LogP contribution in [0.1, 0.15) is 74.9 Å². The molecule has 6 rings (SSSR count). The third-order valence-corrected chi connectivity index (χ3v) is 8.25. The predicted octanol–water partition coefficient (Wildman–Crippen LogP) is 5.07. The van der Waals surface area contributed by atoms with Crippen molar-refractivity contribution < 1.29 is 9.21 Å². The van der Waals surface area contributed by atoms with Crippen LogP contribution in [0.3, 0.4) is 0 Å². The van der Waals surface area contributed by atoms with Gasteiger partial charge in [0.25, 0.3) is 0 Å². The number of carbonyl (C=O) groups excluding carboxylic acids is 1. The quantitative estimate of drug-likeness (QED) is 0.561. The Labute approximate surface area is 206 Å². The molecule has 0 radical (unpaired) electrons. The molecule has 0 atom stereocenters. The van der Waals surface area contributed by atoms with Crippen LogP contribution in [-0.2, 0) is 5.41 Å². The second-order valence-corrected chi connectivity index (χ2v) is 10.6. The number of hydrogen-bond donors (Lipinski definition) is 1. The van der Waals surface area contributed by atoms with E-state index in [1.165, 1.54) is 19.3 Å². The van der Waals surface area contributed by atoms with E-state index in [4.69, 9.17) is 9.40 Å². The number of nitrogens with zero attached hydrogens (tertiary/aromatic N) is 5. The van der Waals surface area contributed by atoms with E-state index in [0.29, 0.717) is 35.6 Å². The number of pyridine rings is 1. The first-order valence-electron chi connectivity index (χ1n) is 13.1. The molecule has 3 aromatic heterocycles. The lowest BCUT2D eigenvalue weighted by Gasteiger charge is -2.39. The number of Topliss-reactive ketones (excluding diaryl/α,β-unsaturated/α-hetero) is 1. The van der Waals surface area contributed by atoms with Crippen molar-refractivity contribution in [3.63, 3.8) is 0 Å². The molecule has 0 bridgehead atoms. The molecule has 35 heavy (non-hydrogen) atoms. The topological polar surface area (TPSA) is 87.4 Å². The van der Waals surface area contributed by atoms with Gasteiger partial charge in [-0.2, -0.15) is 0 Å². The molecule has 8 heteroatoms. The lowest BCUT2D eigenvalue weighted by atomic mass is 9.63. The minimum Gasteiger partial charge on any atom is -0.449 e. The van der Waals surface area contributed by atoms with Crippen molar-refractivity contribution in [2.75, 3.05) is 36.4 Å². The molecular weight excluding hydrogens is 440 g/mol. The third-order valence-electron chi connectivity index (χ3n) is 8.25. The van der Waals surface area contributed by atoms with Crippen molar-refractivity contribution in [3.8, 4) is 0 Å². The number of aromatic nitrogens is 3. The highest BCUT2D eigenvalue weighted by molar-refractivity contribution is 6.01. The van der Waals surface area contributed by atoms with Crippen LogP contribution in [0.15, 0.2) is 28.9 Å². The van der Waals surface area contributed by atoms with Gasteiger partial charge in [0, 0.05) is 49.6 Å². The zero-order valence-electron chi connectivity index (χ0n) is 20.7. The van der Waals surface area contributed by atoms with Crippen LogP contribution in [-0.4, -0.2) is 57.9 Å². The Hall–Kier alpha value is -3.00. The summed E-state index contributed by atoms with van der Waals surface area (Å²) < 4.78 is 6.01. The summed E-state index contributed by atoms with van der Waals surface area (Å²) in [6.45, 7) is 8.68. The van der Waals surface area contributed by atoms with Gasteiger partial charge in [-0.15, -0.1) is 0 Å². The molecule has 4 heterocycles. The van der Waals surface area contributed by atoms with Crippen molar-refractivity contribution in [3.05, 3.63) is 35.9 Å². The second kappa shape index (κ2) is 8.90. The molecule has 184 valence electrons. The van der Waals surface area contributed by atoms with Gasteiger partial charge in [0.2, 0.25) is 5.95 Å². The number of carbonyl (C=O) groups is 1. The van der Waals surface area contributed by atoms with Gasteiger partial charge < -0.3 is 14.6 Å². The first kappa shape index (κ1) is 22.5.